The quantitative estimate of drug-likeness (QED) is 0.466. The Morgan fingerprint density at radius 1 is 1.00 bits per heavy atom. The molecule has 3 aromatic heterocycles. The lowest BCUT2D eigenvalue weighted by Gasteiger charge is -2.34. The monoisotopic (exact) mass is 448 g/mol. The van der Waals surface area contributed by atoms with Gasteiger partial charge in [0, 0.05) is 50.7 Å². The van der Waals surface area contributed by atoms with E-state index in [1.165, 1.54) is 12.3 Å². The number of fused-ring (bicyclic) bond motifs is 1. The van der Waals surface area contributed by atoms with E-state index in [1.807, 2.05) is 36.5 Å². The summed E-state index contributed by atoms with van der Waals surface area (Å²) in [4.78, 5) is 26.0. The first-order valence-electron chi connectivity index (χ1n) is 10.7. The number of nitrogens with zero attached hydrogens (tertiary/aromatic N) is 6. The molecule has 1 amide bonds. The minimum Gasteiger partial charge on any atom is -0.336 e. The zero-order valence-electron chi connectivity index (χ0n) is 17.8. The standard InChI is InChI=1S/C24H22F2N6O/c25-22(26)21-13-20(18-6-2-1-3-7-18)29-23-19(15-28-32(21)23)24(33)31-11-9-30(10-12-31)16-17-5-4-8-27-14-17/h1-8,13-15,22H,9-12,16H2. The molecule has 7 nitrogen and oxygen atoms in total. The van der Waals surface area contributed by atoms with E-state index < -0.39 is 6.43 Å². The van der Waals surface area contributed by atoms with Crippen LogP contribution in [0.15, 0.2) is 67.1 Å². The van der Waals surface area contributed by atoms with E-state index in [0.29, 0.717) is 37.4 Å². The van der Waals surface area contributed by atoms with Crippen molar-refractivity contribution in [3.05, 3.63) is 83.9 Å². The van der Waals surface area contributed by atoms with E-state index in [2.05, 4.69) is 20.0 Å². The highest BCUT2D eigenvalue weighted by Crippen LogP contribution is 2.27. The number of halogens is 2. The Kier molecular flexibility index (Phi) is 5.78. The highest BCUT2D eigenvalue weighted by molar-refractivity contribution is 6.00. The summed E-state index contributed by atoms with van der Waals surface area (Å²) in [6.07, 6.45) is 2.17. The maximum atomic E-state index is 13.8. The molecule has 1 fully saturated rings. The lowest BCUT2D eigenvalue weighted by molar-refractivity contribution is 0.0630. The summed E-state index contributed by atoms with van der Waals surface area (Å²) in [6.45, 7) is 3.27. The number of carbonyl (C=O) groups is 1. The molecule has 0 bridgehead atoms. The van der Waals surface area contributed by atoms with E-state index in [0.717, 1.165) is 16.6 Å². The van der Waals surface area contributed by atoms with Crippen molar-refractivity contribution in [3.8, 4) is 11.3 Å². The fraction of sp³-hybridized carbons (Fsp3) is 0.250. The van der Waals surface area contributed by atoms with Crippen LogP contribution in [0, 0.1) is 0 Å². The van der Waals surface area contributed by atoms with Gasteiger partial charge in [0.25, 0.3) is 12.3 Å². The molecule has 4 heterocycles. The number of benzene rings is 1. The van der Waals surface area contributed by atoms with Crippen molar-refractivity contribution < 1.29 is 13.6 Å². The number of hydrogen-bond acceptors (Lipinski definition) is 5. The molecule has 0 aliphatic carbocycles. The normalized spacial score (nSPS) is 14.8. The summed E-state index contributed by atoms with van der Waals surface area (Å²) in [5.74, 6) is -0.246. The number of rotatable bonds is 5. The second-order valence-corrected chi connectivity index (χ2v) is 7.96. The third kappa shape index (κ3) is 4.31. The molecular weight excluding hydrogens is 426 g/mol. The van der Waals surface area contributed by atoms with Crippen molar-refractivity contribution in [2.75, 3.05) is 26.2 Å². The number of carbonyl (C=O) groups excluding carboxylic acids is 1. The molecule has 1 aliphatic heterocycles. The van der Waals surface area contributed by atoms with Crippen LogP contribution >= 0.6 is 0 Å². The van der Waals surface area contributed by atoms with Gasteiger partial charge < -0.3 is 4.90 Å². The van der Waals surface area contributed by atoms with Crippen LogP contribution in [0.2, 0.25) is 0 Å². The van der Waals surface area contributed by atoms with Crippen LogP contribution in [-0.2, 0) is 6.54 Å². The maximum Gasteiger partial charge on any atom is 0.280 e. The largest absolute Gasteiger partial charge is 0.336 e. The van der Waals surface area contributed by atoms with Gasteiger partial charge in [-0.25, -0.2) is 18.3 Å². The van der Waals surface area contributed by atoms with Crippen molar-refractivity contribution in [1.82, 2.24) is 29.4 Å². The fourth-order valence-corrected chi connectivity index (χ4v) is 4.08. The van der Waals surface area contributed by atoms with Gasteiger partial charge in [-0.1, -0.05) is 36.4 Å². The highest BCUT2D eigenvalue weighted by atomic mass is 19.3. The first kappa shape index (κ1) is 21.1. The van der Waals surface area contributed by atoms with Crippen LogP contribution in [0.3, 0.4) is 0 Å². The van der Waals surface area contributed by atoms with Crippen molar-refractivity contribution >= 4 is 11.6 Å². The summed E-state index contributed by atoms with van der Waals surface area (Å²) in [5, 5.41) is 4.07. The van der Waals surface area contributed by atoms with Gasteiger partial charge in [0.15, 0.2) is 5.65 Å². The first-order chi connectivity index (χ1) is 16.1. The van der Waals surface area contributed by atoms with Crippen LogP contribution in [0.5, 0.6) is 0 Å². The van der Waals surface area contributed by atoms with E-state index >= 15 is 0 Å². The summed E-state index contributed by atoms with van der Waals surface area (Å²) in [7, 11) is 0. The maximum absolute atomic E-state index is 13.8. The Bertz CT molecular complexity index is 1250. The number of piperazine rings is 1. The second-order valence-electron chi connectivity index (χ2n) is 7.96. The molecule has 0 unspecified atom stereocenters. The summed E-state index contributed by atoms with van der Waals surface area (Å²) >= 11 is 0. The van der Waals surface area contributed by atoms with Crippen LogP contribution in [0.4, 0.5) is 8.78 Å². The number of amides is 1. The number of aromatic nitrogens is 4. The molecule has 9 heteroatoms. The SMILES string of the molecule is O=C(c1cnn2c(C(F)F)cc(-c3ccccc3)nc12)N1CCN(Cc2cccnc2)CC1. The van der Waals surface area contributed by atoms with E-state index in [-0.39, 0.29) is 22.8 Å². The van der Waals surface area contributed by atoms with Gasteiger partial charge in [-0.05, 0) is 17.7 Å². The molecule has 5 rings (SSSR count). The number of hydrogen-bond donors (Lipinski definition) is 0. The highest BCUT2D eigenvalue weighted by Gasteiger charge is 2.27. The van der Waals surface area contributed by atoms with Crippen LogP contribution in [-0.4, -0.2) is 61.5 Å². The fourth-order valence-electron chi connectivity index (χ4n) is 4.08. The molecule has 0 N–H and O–H groups in total. The van der Waals surface area contributed by atoms with Gasteiger partial charge in [0.2, 0.25) is 0 Å². The number of alkyl halides is 2. The van der Waals surface area contributed by atoms with Crippen LogP contribution < -0.4 is 0 Å². The molecule has 4 aromatic rings. The topological polar surface area (TPSA) is 66.6 Å². The van der Waals surface area contributed by atoms with Gasteiger partial charge in [0.1, 0.15) is 11.3 Å². The molecule has 1 saturated heterocycles. The molecule has 33 heavy (non-hydrogen) atoms. The second kappa shape index (κ2) is 9.03. The van der Waals surface area contributed by atoms with Crippen LogP contribution in [0.25, 0.3) is 16.9 Å². The summed E-state index contributed by atoms with van der Waals surface area (Å²) in [5.41, 5.74) is 2.29. The lowest BCUT2D eigenvalue weighted by Crippen LogP contribution is -2.48. The number of pyridine rings is 1. The van der Waals surface area contributed by atoms with E-state index in [4.69, 9.17) is 0 Å². The Morgan fingerprint density at radius 2 is 1.79 bits per heavy atom. The zero-order valence-corrected chi connectivity index (χ0v) is 17.8. The molecule has 168 valence electrons. The molecule has 0 radical (unpaired) electrons. The summed E-state index contributed by atoms with van der Waals surface area (Å²) < 4.78 is 28.6. The van der Waals surface area contributed by atoms with Gasteiger partial charge in [0.05, 0.1) is 11.9 Å². The van der Waals surface area contributed by atoms with E-state index in [1.54, 1.807) is 23.2 Å². The predicted octanol–water partition coefficient (Wildman–Crippen LogP) is 3.69. The molecular formula is C24H22F2N6O. The summed E-state index contributed by atoms with van der Waals surface area (Å²) in [6, 6.07) is 14.3. The molecule has 1 aliphatic rings. The van der Waals surface area contributed by atoms with Gasteiger partial charge in [-0.2, -0.15) is 5.10 Å². The lowest BCUT2D eigenvalue weighted by atomic mass is 10.1. The Balaban J connectivity index is 1.39. The minimum atomic E-state index is -2.75. The third-order valence-corrected chi connectivity index (χ3v) is 5.81. The average molecular weight is 448 g/mol. The van der Waals surface area contributed by atoms with Gasteiger partial charge in [-0.15, -0.1) is 0 Å². The van der Waals surface area contributed by atoms with Gasteiger partial charge >= 0.3 is 0 Å². The van der Waals surface area contributed by atoms with Crippen molar-refractivity contribution in [2.45, 2.75) is 13.0 Å². The predicted molar refractivity (Wildman–Crippen MR) is 119 cm³/mol. The molecule has 1 aromatic carbocycles. The van der Waals surface area contributed by atoms with Gasteiger partial charge in [-0.3, -0.25) is 14.7 Å². The van der Waals surface area contributed by atoms with Crippen molar-refractivity contribution in [2.24, 2.45) is 0 Å². The molecule has 0 spiro atoms. The smallest absolute Gasteiger partial charge is 0.280 e. The first-order valence-corrected chi connectivity index (χ1v) is 10.7. The average Bonchev–Trinajstić information content (AvgIpc) is 3.28. The van der Waals surface area contributed by atoms with Crippen molar-refractivity contribution in [1.29, 1.82) is 0 Å². The minimum absolute atomic E-state index is 0.148. The van der Waals surface area contributed by atoms with E-state index in [9.17, 15) is 13.6 Å². The molecule has 0 saturated carbocycles. The Labute approximate surface area is 189 Å². The van der Waals surface area contributed by atoms with Crippen LogP contribution in [0.1, 0.15) is 28.0 Å². The molecule has 0 atom stereocenters. The zero-order chi connectivity index (χ0) is 22.8. The third-order valence-electron chi connectivity index (χ3n) is 5.81. The Hall–Kier alpha value is -3.72. The van der Waals surface area contributed by atoms with Crippen molar-refractivity contribution in [3.63, 3.8) is 0 Å². The Morgan fingerprint density at radius 3 is 2.48 bits per heavy atom.